The van der Waals surface area contributed by atoms with Gasteiger partial charge in [0.25, 0.3) is 0 Å². The van der Waals surface area contributed by atoms with E-state index in [4.69, 9.17) is 10.5 Å². The van der Waals surface area contributed by atoms with Gasteiger partial charge in [-0.1, -0.05) is 39.0 Å². The molecule has 19 heavy (non-hydrogen) atoms. The van der Waals surface area contributed by atoms with E-state index in [0.29, 0.717) is 18.1 Å². The molecule has 0 aliphatic heterocycles. The number of hydrogen-bond acceptors (Lipinski definition) is 5. The maximum absolute atomic E-state index is 5.67. The third-order valence-electron chi connectivity index (χ3n) is 3.03. The summed E-state index contributed by atoms with van der Waals surface area (Å²) in [6.45, 7) is 2.88. The lowest BCUT2D eigenvalue weighted by atomic mass is 10.1. The van der Waals surface area contributed by atoms with E-state index in [1.165, 1.54) is 32.1 Å². The molecule has 0 fully saturated rings. The van der Waals surface area contributed by atoms with Crippen molar-refractivity contribution in [3.63, 3.8) is 0 Å². The van der Waals surface area contributed by atoms with Gasteiger partial charge in [0.05, 0.1) is 12.8 Å². The highest BCUT2D eigenvalue weighted by Gasteiger charge is 2.08. The highest BCUT2D eigenvalue weighted by Crippen LogP contribution is 2.21. The molecule has 2 heterocycles. The molecule has 3 N–H and O–H groups in total. The molecule has 2 aromatic rings. The van der Waals surface area contributed by atoms with Gasteiger partial charge < -0.3 is 10.5 Å². The minimum atomic E-state index is 0.203. The minimum Gasteiger partial charge on any atom is -0.477 e. The van der Waals surface area contributed by atoms with Gasteiger partial charge in [-0.3, -0.25) is 5.10 Å². The summed E-state index contributed by atoms with van der Waals surface area (Å²) in [4.78, 5) is 8.15. The monoisotopic (exact) mass is 263 g/mol. The van der Waals surface area contributed by atoms with Crippen LogP contribution in [0.15, 0.2) is 6.20 Å². The normalized spacial score (nSPS) is 11.0. The van der Waals surface area contributed by atoms with Crippen LogP contribution in [0.5, 0.6) is 5.88 Å². The quantitative estimate of drug-likeness (QED) is 0.715. The van der Waals surface area contributed by atoms with E-state index in [2.05, 4.69) is 27.1 Å². The predicted molar refractivity (Wildman–Crippen MR) is 75.0 cm³/mol. The lowest BCUT2D eigenvalue weighted by Crippen LogP contribution is -2.03. The first kappa shape index (κ1) is 13.6. The van der Waals surface area contributed by atoms with Gasteiger partial charge in [-0.2, -0.15) is 15.1 Å². The zero-order valence-corrected chi connectivity index (χ0v) is 11.4. The maximum Gasteiger partial charge on any atom is 0.229 e. The van der Waals surface area contributed by atoms with E-state index in [1.807, 2.05) is 0 Å². The van der Waals surface area contributed by atoms with Crippen LogP contribution in [0.1, 0.15) is 45.4 Å². The summed E-state index contributed by atoms with van der Waals surface area (Å²) in [6.07, 6.45) is 9.05. The number of aromatic amines is 1. The SMILES string of the molecule is CCCCCCCCOc1nc(N)nc2[nH]ncc12. The Kier molecular flexibility index (Phi) is 4.94. The summed E-state index contributed by atoms with van der Waals surface area (Å²) in [7, 11) is 0. The van der Waals surface area contributed by atoms with Crippen LogP contribution in [-0.4, -0.2) is 26.8 Å². The second-order valence-electron chi connectivity index (χ2n) is 4.64. The standard InChI is InChI=1S/C13H21N5O/c1-2-3-4-5-6-7-8-19-12-10-9-15-18-11(10)16-13(14)17-12/h9H,2-8H2,1H3,(H3,14,15,16,17,18). The Morgan fingerprint density at radius 1 is 1.16 bits per heavy atom. The molecule has 2 rings (SSSR count). The number of nitrogens with zero attached hydrogens (tertiary/aromatic N) is 3. The first-order valence-electron chi connectivity index (χ1n) is 6.90. The number of H-pyrrole nitrogens is 1. The van der Waals surface area contributed by atoms with Crippen molar-refractivity contribution >= 4 is 17.0 Å². The van der Waals surface area contributed by atoms with Gasteiger partial charge in [-0.25, -0.2) is 0 Å². The van der Waals surface area contributed by atoms with E-state index in [0.717, 1.165) is 11.8 Å². The van der Waals surface area contributed by atoms with E-state index in [1.54, 1.807) is 6.20 Å². The molecule has 6 nitrogen and oxygen atoms in total. The molecule has 0 unspecified atom stereocenters. The maximum atomic E-state index is 5.67. The van der Waals surface area contributed by atoms with Crippen molar-refractivity contribution in [2.24, 2.45) is 0 Å². The number of nitrogens with one attached hydrogen (secondary N) is 1. The fraction of sp³-hybridized carbons (Fsp3) is 0.615. The molecular weight excluding hydrogens is 242 g/mol. The van der Waals surface area contributed by atoms with E-state index >= 15 is 0 Å². The highest BCUT2D eigenvalue weighted by molar-refractivity contribution is 5.80. The fourth-order valence-electron chi connectivity index (χ4n) is 1.99. The molecule has 6 heteroatoms. The van der Waals surface area contributed by atoms with Gasteiger partial charge in [0.1, 0.15) is 5.39 Å². The second-order valence-corrected chi connectivity index (χ2v) is 4.64. The van der Waals surface area contributed by atoms with Gasteiger partial charge >= 0.3 is 0 Å². The van der Waals surface area contributed by atoms with Gasteiger partial charge in [-0.05, 0) is 6.42 Å². The van der Waals surface area contributed by atoms with Gasteiger partial charge in [0.15, 0.2) is 5.65 Å². The second kappa shape index (κ2) is 6.92. The van der Waals surface area contributed by atoms with Crippen molar-refractivity contribution in [1.29, 1.82) is 0 Å². The molecule has 104 valence electrons. The van der Waals surface area contributed by atoms with Crippen molar-refractivity contribution in [3.05, 3.63) is 6.20 Å². The molecule has 0 saturated carbocycles. The molecule has 0 amide bonds. The Morgan fingerprint density at radius 3 is 2.79 bits per heavy atom. The largest absolute Gasteiger partial charge is 0.477 e. The zero-order chi connectivity index (χ0) is 13.5. The molecular formula is C13H21N5O. The molecule has 0 atom stereocenters. The van der Waals surface area contributed by atoms with Gasteiger partial charge in [0, 0.05) is 0 Å². The fourth-order valence-corrected chi connectivity index (χ4v) is 1.99. The smallest absolute Gasteiger partial charge is 0.229 e. The molecule has 0 aromatic carbocycles. The molecule has 0 radical (unpaired) electrons. The number of aromatic nitrogens is 4. The summed E-state index contributed by atoms with van der Waals surface area (Å²) < 4.78 is 5.67. The zero-order valence-electron chi connectivity index (χ0n) is 11.4. The molecule has 0 aliphatic rings. The topological polar surface area (TPSA) is 89.7 Å². The average molecular weight is 263 g/mol. The van der Waals surface area contributed by atoms with Crippen molar-refractivity contribution < 1.29 is 4.74 Å². The van der Waals surface area contributed by atoms with Crippen LogP contribution >= 0.6 is 0 Å². The van der Waals surface area contributed by atoms with Crippen LogP contribution in [0.3, 0.4) is 0 Å². The van der Waals surface area contributed by atoms with Crippen molar-refractivity contribution in [2.45, 2.75) is 45.4 Å². The number of anilines is 1. The molecule has 0 saturated heterocycles. The molecule has 2 aromatic heterocycles. The first-order chi connectivity index (χ1) is 9.31. The van der Waals surface area contributed by atoms with E-state index < -0.39 is 0 Å². The number of nitrogens with two attached hydrogens (primary N) is 1. The number of hydrogen-bond donors (Lipinski definition) is 2. The lowest BCUT2D eigenvalue weighted by molar-refractivity contribution is 0.297. The summed E-state index contributed by atoms with van der Waals surface area (Å²) in [6, 6.07) is 0. The Balaban J connectivity index is 1.79. The number of fused-ring (bicyclic) bond motifs is 1. The highest BCUT2D eigenvalue weighted by atomic mass is 16.5. The van der Waals surface area contributed by atoms with Crippen LogP contribution < -0.4 is 10.5 Å². The van der Waals surface area contributed by atoms with Gasteiger partial charge in [0.2, 0.25) is 11.8 Å². The van der Waals surface area contributed by atoms with Crippen LogP contribution in [0.4, 0.5) is 5.95 Å². The summed E-state index contributed by atoms with van der Waals surface area (Å²) >= 11 is 0. The Hall–Kier alpha value is -1.85. The Morgan fingerprint density at radius 2 is 1.95 bits per heavy atom. The van der Waals surface area contributed by atoms with Crippen LogP contribution in [0, 0.1) is 0 Å². The third kappa shape index (κ3) is 3.81. The Bertz CT molecular complexity index is 511. The number of nitrogen functional groups attached to an aromatic ring is 1. The summed E-state index contributed by atoms with van der Waals surface area (Å²) in [5.41, 5.74) is 6.24. The van der Waals surface area contributed by atoms with Crippen molar-refractivity contribution in [3.8, 4) is 5.88 Å². The summed E-state index contributed by atoms with van der Waals surface area (Å²) in [5, 5.41) is 7.46. The van der Waals surface area contributed by atoms with Crippen LogP contribution in [0.2, 0.25) is 0 Å². The first-order valence-corrected chi connectivity index (χ1v) is 6.90. The van der Waals surface area contributed by atoms with E-state index in [9.17, 15) is 0 Å². The predicted octanol–water partition coefficient (Wildman–Crippen LogP) is 2.67. The molecule has 0 aliphatic carbocycles. The Labute approximate surface area is 112 Å². The molecule has 0 spiro atoms. The lowest BCUT2D eigenvalue weighted by Gasteiger charge is -2.06. The number of ether oxygens (including phenoxy) is 1. The third-order valence-corrected chi connectivity index (χ3v) is 3.03. The number of unbranched alkanes of at least 4 members (excludes halogenated alkanes) is 5. The van der Waals surface area contributed by atoms with Crippen LogP contribution in [0.25, 0.3) is 11.0 Å². The minimum absolute atomic E-state index is 0.203. The van der Waals surface area contributed by atoms with Crippen molar-refractivity contribution in [2.75, 3.05) is 12.3 Å². The van der Waals surface area contributed by atoms with Gasteiger partial charge in [-0.15, -0.1) is 0 Å². The van der Waals surface area contributed by atoms with E-state index in [-0.39, 0.29) is 5.95 Å². The summed E-state index contributed by atoms with van der Waals surface area (Å²) in [5.74, 6) is 0.722. The van der Waals surface area contributed by atoms with Crippen LogP contribution in [-0.2, 0) is 0 Å². The average Bonchev–Trinajstić information content (AvgIpc) is 2.85. The van der Waals surface area contributed by atoms with Crippen molar-refractivity contribution in [1.82, 2.24) is 20.2 Å². The number of rotatable bonds is 8. The molecule has 0 bridgehead atoms.